The van der Waals surface area contributed by atoms with Crippen LogP contribution in [0.25, 0.3) is 6.08 Å². The van der Waals surface area contributed by atoms with Crippen molar-refractivity contribution in [2.75, 3.05) is 0 Å². The molecule has 0 unspecified atom stereocenters. The fourth-order valence-corrected chi connectivity index (χ4v) is 8.26. The SMILES string of the molecule is C=C1[C@@H](OC(=O)/C=C/c2ccccc2)CC[C@@]2(C)[C@@H](OC(C)=O)[C@H](OC(C)=O)[C@H]3C(C)(C)[C@@H](CC(=O)[C@@]3(C)O)[C@@H](OC(C)=O)[C@H]12. The van der Waals surface area contributed by atoms with E-state index in [4.69, 9.17) is 18.9 Å². The van der Waals surface area contributed by atoms with Crippen LogP contribution in [-0.2, 0) is 42.9 Å². The second-order valence-corrected chi connectivity index (χ2v) is 13.6. The van der Waals surface area contributed by atoms with Gasteiger partial charge in [0.2, 0.25) is 0 Å². The zero-order chi connectivity index (χ0) is 33.5. The third-order valence-electron chi connectivity index (χ3n) is 10.2. The van der Waals surface area contributed by atoms with Gasteiger partial charge in [0.05, 0.1) is 0 Å². The summed E-state index contributed by atoms with van der Waals surface area (Å²) in [5.74, 6) is -5.55. The van der Waals surface area contributed by atoms with Crippen molar-refractivity contribution in [1.82, 2.24) is 0 Å². The Bertz CT molecular complexity index is 1390. The van der Waals surface area contributed by atoms with Gasteiger partial charge in [-0.25, -0.2) is 4.79 Å². The lowest BCUT2D eigenvalue weighted by Gasteiger charge is -2.63. The van der Waals surface area contributed by atoms with E-state index in [0.717, 1.165) is 5.56 Å². The van der Waals surface area contributed by atoms with Gasteiger partial charge in [-0.15, -0.1) is 0 Å². The van der Waals surface area contributed by atoms with Gasteiger partial charge in [0.25, 0.3) is 0 Å². The van der Waals surface area contributed by atoms with Gasteiger partial charge < -0.3 is 24.1 Å². The molecule has 0 aromatic heterocycles. The van der Waals surface area contributed by atoms with Crippen molar-refractivity contribution in [3.8, 4) is 0 Å². The summed E-state index contributed by atoms with van der Waals surface area (Å²) in [5.41, 5.74) is -2.81. The summed E-state index contributed by atoms with van der Waals surface area (Å²) in [6.45, 7) is 14.9. The minimum atomic E-state index is -1.96. The van der Waals surface area contributed by atoms with E-state index in [1.54, 1.807) is 6.08 Å². The minimum Gasteiger partial charge on any atom is -0.462 e. The average molecular weight is 625 g/mol. The Balaban J connectivity index is 1.87. The first-order valence-corrected chi connectivity index (χ1v) is 15.3. The average Bonchev–Trinajstić information content (AvgIpc) is 2.92. The molecule has 244 valence electrons. The topological polar surface area (TPSA) is 142 Å². The van der Waals surface area contributed by atoms with Gasteiger partial charge in [-0.3, -0.25) is 19.2 Å². The molecule has 10 heteroatoms. The lowest BCUT2D eigenvalue weighted by Crippen LogP contribution is -2.71. The largest absolute Gasteiger partial charge is 0.462 e. The van der Waals surface area contributed by atoms with E-state index < -0.39 is 88.3 Å². The van der Waals surface area contributed by atoms with Crippen LogP contribution >= 0.6 is 0 Å². The number of hydrogen-bond donors (Lipinski definition) is 1. The van der Waals surface area contributed by atoms with Crippen LogP contribution in [0.2, 0.25) is 0 Å². The molecule has 0 radical (unpaired) electrons. The van der Waals surface area contributed by atoms with Gasteiger partial charge in [0.1, 0.15) is 30.0 Å². The molecule has 0 saturated heterocycles. The maximum absolute atomic E-state index is 13.7. The summed E-state index contributed by atoms with van der Waals surface area (Å²) in [6, 6.07) is 9.26. The quantitative estimate of drug-likeness (QED) is 0.210. The van der Waals surface area contributed by atoms with Crippen molar-refractivity contribution in [2.45, 2.75) is 97.7 Å². The molecule has 0 aliphatic heterocycles. The maximum atomic E-state index is 13.7. The third-order valence-corrected chi connectivity index (χ3v) is 10.2. The molecule has 0 amide bonds. The molecule has 3 fully saturated rings. The van der Waals surface area contributed by atoms with Crippen molar-refractivity contribution in [3.63, 3.8) is 0 Å². The van der Waals surface area contributed by atoms with Crippen LogP contribution in [0.15, 0.2) is 48.6 Å². The molecule has 0 spiro atoms. The first-order valence-electron chi connectivity index (χ1n) is 15.3. The minimum absolute atomic E-state index is 0.135. The van der Waals surface area contributed by atoms with E-state index >= 15 is 0 Å². The number of esters is 4. The fraction of sp³-hybridized carbons (Fsp3) is 0.571. The molecule has 45 heavy (non-hydrogen) atoms. The monoisotopic (exact) mass is 624 g/mol. The van der Waals surface area contributed by atoms with E-state index in [-0.39, 0.29) is 19.3 Å². The molecule has 10 nitrogen and oxygen atoms in total. The number of rotatable bonds is 6. The highest BCUT2D eigenvalue weighted by molar-refractivity contribution is 5.89. The van der Waals surface area contributed by atoms with Crippen LogP contribution in [-0.4, -0.2) is 64.8 Å². The molecule has 2 bridgehead atoms. The Morgan fingerprint density at radius 1 is 0.889 bits per heavy atom. The summed E-state index contributed by atoms with van der Waals surface area (Å²) in [6.07, 6.45) is -0.808. The Morgan fingerprint density at radius 3 is 2.04 bits per heavy atom. The van der Waals surface area contributed by atoms with Crippen LogP contribution in [0.5, 0.6) is 0 Å². The van der Waals surface area contributed by atoms with Gasteiger partial charge in [-0.1, -0.05) is 57.7 Å². The van der Waals surface area contributed by atoms with E-state index in [1.165, 1.54) is 33.8 Å². The molecule has 4 rings (SSSR count). The molecule has 1 aromatic carbocycles. The van der Waals surface area contributed by atoms with Crippen molar-refractivity contribution >= 4 is 35.7 Å². The molecular formula is C35H44O10. The van der Waals surface area contributed by atoms with Crippen LogP contribution < -0.4 is 0 Å². The Morgan fingerprint density at radius 2 is 1.47 bits per heavy atom. The van der Waals surface area contributed by atoms with Crippen molar-refractivity contribution in [2.24, 2.45) is 28.6 Å². The smallest absolute Gasteiger partial charge is 0.331 e. The second-order valence-electron chi connectivity index (χ2n) is 13.6. The van der Waals surface area contributed by atoms with Gasteiger partial charge in [0, 0.05) is 56.4 Å². The van der Waals surface area contributed by atoms with E-state index in [1.807, 2.05) is 51.1 Å². The number of hydrogen-bond acceptors (Lipinski definition) is 10. The van der Waals surface area contributed by atoms with E-state index in [9.17, 15) is 29.1 Å². The number of ketones is 1. The van der Waals surface area contributed by atoms with E-state index in [2.05, 4.69) is 6.58 Å². The van der Waals surface area contributed by atoms with Gasteiger partial charge >= 0.3 is 23.9 Å². The number of fused-ring (bicyclic) bond motifs is 3. The summed E-state index contributed by atoms with van der Waals surface area (Å²) in [7, 11) is 0. The summed E-state index contributed by atoms with van der Waals surface area (Å²) < 4.78 is 23.9. The summed E-state index contributed by atoms with van der Waals surface area (Å²) in [5, 5.41) is 11.7. The maximum Gasteiger partial charge on any atom is 0.331 e. The van der Waals surface area contributed by atoms with Crippen LogP contribution in [0.4, 0.5) is 0 Å². The van der Waals surface area contributed by atoms with Crippen molar-refractivity contribution in [1.29, 1.82) is 0 Å². The zero-order valence-electron chi connectivity index (χ0n) is 27.0. The van der Waals surface area contributed by atoms with Crippen LogP contribution in [0.1, 0.15) is 73.3 Å². The van der Waals surface area contributed by atoms with Crippen molar-refractivity contribution < 1.29 is 48.0 Å². The molecule has 0 heterocycles. The molecule has 3 aliphatic carbocycles. The lowest BCUT2D eigenvalue weighted by molar-refractivity contribution is -0.252. The molecule has 3 aliphatic rings. The number of carbonyl (C=O) groups is 5. The summed E-state index contributed by atoms with van der Waals surface area (Å²) in [4.78, 5) is 64.6. The van der Waals surface area contributed by atoms with Crippen LogP contribution in [0.3, 0.4) is 0 Å². The number of ether oxygens (including phenoxy) is 4. The fourth-order valence-electron chi connectivity index (χ4n) is 8.26. The lowest BCUT2D eigenvalue weighted by atomic mass is 9.45. The molecule has 1 aromatic rings. The van der Waals surface area contributed by atoms with Crippen LogP contribution in [0, 0.1) is 28.6 Å². The molecular weight excluding hydrogens is 580 g/mol. The predicted molar refractivity (Wildman–Crippen MR) is 163 cm³/mol. The second kappa shape index (κ2) is 12.5. The standard InChI is InChI=1S/C35H44O10/c1-19-25(45-27(40)15-14-23-12-10-9-11-13-23)16-17-34(7)28(19)29(42-20(2)36)24-18-26(39)35(8,41)31(33(24,5)6)30(43-21(3)37)32(34)44-22(4)38/h9-15,24-25,28-32,41H,1,16-18H2,2-8H3/b15-14+/t24-,25-,28-,29+,30+,31-,32-,34+,35+/m0/s1. The van der Waals surface area contributed by atoms with E-state index in [0.29, 0.717) is 5.57 Å². The number of aliphatic hydroxyl groups is 1. The Kier molecular flexibility index (Phi) is 9.50. The number of Topliss-reactive ketones (excluding diaryl/α,β-unsaturated/α-hetero) is 1. The molecule has 3 saturated carbocycles. The molecule has 1 N–H and O–H groups in total. The van der Waals surface area contributed by atoms with Crippen molar-refractivity contribution in [3.05, 3.63) is 54.1 Å². The first kappa shape index (κ1) is 34.1. The number of benzene rings is 1. The Labute approximate surface area is 264 Å². The third kappa shape index (κ3) is 6.48. The van der Waals surface area contributed by atoms with Gasteiger partial charge in [0.15, 0.2) is 5.78 Å². The predicted octanol–water partition coefficient (Wildman–Crippen LogP) is 4.38. The highest BCUT2D eigenvalue weighted by atomic mass is 16.6. The Hall–Kier alpha value is -3.79. The first-order chi connectivity index (χ1) is 20.9. The van der Waals surface area contributed by atoms with Gasteiger partial charge in [-0.2, -0.15) is 0 Å². The molecule has 9 atom stereocenters. The summed E-state index contributed by atoms with van der Waals surface area (Å²) >= 11 is 0. The normalized spacial score (nSPS) is 35.8. The van der Waals surface area contributed by atoms with Gasteiger partial charge in [-0.05, 0) is 42.4 Å². The number of carbonyl (C=O) groups excluding carboxylic acids is 5. The zero-order valence-corrected chi connectivity index (χ0v) is 27.0. The highest BCUT2D eigenvalue weighted by Gasteiger charge is 2.69. The highest BCUT2D eigenvalue weighted by Crippen LogP contribution is 2.62.